The number of hydrogen-bond donors (Lipinski definition) is 1. The van der Waals surface area contributed by atoms with E-state index in [1.807, 2.05) is 6.07 Å². The van der Waals surface area contributed by atoms with Crippen LogP contribution in [0.2, 0.25) is 0 Å². The Balaban J connectivity index is 1.93. The normalized spacial score (nSPS) is 15.6. The molecule has 128 valence electrons. The van der Waals surface area contributed by atoms with Gasteiger partial charge in [0.2, 0.25) is 0 Å². The monoisotopic (exact) mass is 340 g/mol. The van der Waals surface area contributed by atoms with E-state index >= 15 is 0 Å². The van der Waals surface area contributed by atoms with E-state index in [4.69, 9.17) is 4.74 Å². The summed E-state index contributed by atoms with van der Waals surface area (Å²) in [6.45, 7) is 8.93. The first-order chi connectivity index (χ1) is 12.4. The fourth-order valence-electron chi connectivity index (χ4n) is 4.97. The third-order valence-corrected chi connectivity index (χ3v) is 6.04. The number of aryl methyl sites for hydroxylation is 2. The molecule has 0 aromatic heterocycles. The molecular weight excluding hydrogens is 319 g/mol. The highest BCUT2D eigenvalue weighted by atomic mass is 16.5. The lowest BCUT2D eigenvalue weighted by Gasteiger charge is -2.42. The highest BCUT2D eigenvalue weighted by molar-refractivity contribution is 6.98. The lowest BCUT2D eigenvalue weighted by molar-refractivity contribution is 0.472. The van der Waals surface area contributed by atoms with E-state index < -0.39 is 0 Å². The van der Waals surface area contributed by atoms with Gasteiger partial charge in [0.25, 0.3) is 6.71 Å². The van der Waals surface area contributed by atoms with Crippen LogP contribution in [0.4, 0.5) is 0 Å². The summed E-state index contributed by atoms with van der Waals surface area (Å²) in [5, 5.41) is 10.2. The van der Waals surface area contributed by atoms with Crippen LogP contribution in [-0.2, 0) is 5.41 Å². The third-order valence-electron chi connectivity index (χ3n) is 6.04. The van der Waals surface area contributed by atoms with E-state index in [2.05, 4.69) is 64.1 Å². The molecule has 0 saturated carbocycles. The van der Waals surface area contributed by atoms with Crippen molar-refractivity contribution in [1.82, 2.24) is 0 Å². The van der Waals surface area contributed by atoms with E-state index in [9.17, 15) is 5.11 Å². The molecular formula is C23H21BO2. The molecule has 0 amide bonds. The third kappa shape index (κ3) is 1.89. The van der Waals surface area contributed by atoms with Crippen molar-refractivity contribution in [3.8, 4) is 17.2 Å². The zero-order valence-corrected chi connectivity index (χ0v) is 15.6. The maximum absolute atomic E-state index is 10.2. The summed E-state index contributed by atoms with van der Waals surface area (Å²) in [5.74, 6) is 2.21. The molecule has 3 aromatic carbocycles. The van der Waals surface area contributed by atoms with Crippen LogP contribution in [0.5, 0.6) is 17.2 Å². The molecule has 0 atom stereocenters. The van der Waals surface area contributed by atoms with Crippen molar-refractivity contribution in [3.05, 3.63) is 70.8 Å². The van der Waals surface area contributed by atoms with Gasteiger partial charge in [0.05, 0.1) is 0 Å². The molecule has 1 N–H and O–H groups in total. The molecule has 0 radical (unpaired) electrons. The Hall–Kier alpha value is -2.68. The average Bonchev–Trinajstić information content (AvgIpc) is 2.59. The van der Waals surface area contributed by atoms with Gasteiger partial charge in [-0.2, -0.15) is 0 Å². The summed E-state index contributed by atoms with van der Waals surface area (Å²) in [6.07, 6.45) is 0. The van der Waals surface area contributed by atoms with Crippen LogP contribution >= 0.6 is 0 Å². The lowest BCUT2D eigenvalue weighted by atomic mass is 9.30. The first-order valence-electron chi connectivity index (χ1n) is 9.13. The van der Waals surface area contributed by atoms with Gasteiger partial charge in [-0.25, -0.2) is 0 Å². The highest BCUT2D eigenvalue weighted by Gasteiger charge is 2.45. The standard InChI is InChI=1S/C23H21BO2/c1-13-5-9-19-18(11-13)24-17-8-7-15(25)12-16(17)23(3,4)21-14(2)6-10-20(26-19)22(21)24/h5-12,25H,1-4H3. The first kappa shape index (κ1) is 15.6. The highest BCUT2D eigenvalue weighted by Crippen LogP contribution is 2.40. The topological polar surface area (TPSA) is 29.5 Å². The van der Waals surface area contributed by atoms with Crippen molar-refractivity contribution in [1.29, 1.82) is 0 Å². The molecule has 3 aromatic rings. The van der Waals surface area contributed by atoms with E-state index in [1.165, 1.54) is 38.6 Å². The Bertz CT molecular complexity index is 1080. The largest absolute Gasteiger partial charge is 0.508 e. The van der Waals surface area contributed by atoms with Gasteiger partial charge in [-0.3, -0.25) is 0 Å². The van der Waals surface area contributed by atoms with Crippen molar-refractivity contribution in [3.63, 3.8) is 0 Å². The molecule has 2 heterocycles. The van der Waals surface area contributed by atoms with Crippen LogP contribution in [-0.4, -0.2) is 11.8 Å². The SMILES string of the molecule is Cc1ccc2c(c1)B1c3ccc(O)cc3C(C)(C)c3c(C)ccc(c31)O2. The van der Waals surface area contributed by atoms with E-state index in [0.717, 1.165) is 11.5 Å². The summed E-state index contributed by atoms with van der Waals surface area (Å²) in [7, 11) is 0. The van der Waals surface area contributed by atoms with E-state index in [1.54, 1.807) is 6.07 Å². The summed E-state index contributed by atoms with van der Waals surface area (Å²) >= 11 is 0. The molecule has 3 heteroatoms. The van der Waals surface area contributed by atoms with Crippen molar-refractivity contribution >= 4 is 23.1 Å². The Morgan fingerprint density at radius 3 is 2.46 bits per heavy atom. The second kappa shape index (κ2) is 4.94. The molecule has 2 aliphatic heterocycles. The first-order valence-corrected chi connectivity index (χ1v) is 9.13. The van der Waals surface area contributed by atoms with Crippen LogP contribution in [0.25, 0.3) is 0 Å². The molecule has 5 rings (SSSR count). The van der Waals surface area contributed by atoms with Crippen LogP contribution < -0.4 is 21.1 Å². The van der Waals surface area contributed by atoms with Gasteiger partial charge < -0.3 is 9.84 Å². The van der Waals surface area contributed by atoms with Gasteiger partial charge >= 0.3 is 0 Å². The minimum absolute atomic E-state index is 0.146. The Labute approximate surface area is 154 Å². The molecule has 2 aliphatic rings. The molecule has 0 unspecified atom stereocenters. The zero-order chi connectivity index (χ0) is 18.2. The fraction of sp³-hybridized carbons (Fsp3) is 0.217. The number of aromatic hydroxyl groups is 1. The van der Waals surface area contributed by atoms with Crippen LogP contribution in [0.3, 0.4) is 0 Å². The van der Waals surface area contributed by atoms with Crippen LogP contribution in [0.1, 0.15) is 36.1 Å². The summed E-state index contributed by atoms with van der Waals surface area (Å²) in [5.41, 5.74) is 8.60. The van der Waals surface area contributed by atoms with Crippen LogP contribution in [0, 0.1) is 13.8 Å². The Morgan fingerprint density at radius 2 is 1.65 bits per heavy atom. The number of hydrogen-bond acceptors (Lipinski definition) is 2. The van der Waals surface area contributed by atoms with Gasteiger partial charge in [-0.05, 0) is 65.7 Å². The molecule has 0 saturated heterocycles. The van der Waals surface area contributed by atoms with Gasteiger partial charge in [0, 0.05) is 5.41 Å². The lowest BCUT2D eigenvalue weighted by Crippen LogP contribution is -2.62. The Kier molecular flexibility index (Phi) is 2.96. The molecule has 0 fully saturated rings. The fourth-order valence-corrected chi connectivity index (χ4v) is 4.97. The van der Waals surface area contributed by atoms with Crippen molar-refractivity contribution in [2.24, 2.45) is 0 Å². The zero-order valence-electron chi connectivity index (χ0n) is 15.6. The second-order valence-corrected chi connectivity index (χ2v) is 8.14. The molecule has 26 heavy (non-hydrogen) atoms. The van der Waals surface area contributed by atoms with Gasteiger partial charge in [-0.1, -0.05) is 49.1 Å². The number of fused-ring (bicyclic) bond motifs is 4. The van der Waals surface area contributed by atoms with Crippen LogP contribution in [0.15, 0.2) is 48.5 Å². The molecule has 0 spiro atoms. The minimum atomic E-state index is -0.190. The van der Waals surface area contributed by atoms with Gasteiger partial charge in [0.1, 0.15) is 17.2 Å². The maximum Gasteiger partial charge on any atom is 0.251 e. The number of phenolic OH excluding ortho intramolecular Hbond substituents is 1. The minimum Gasteiger partial charge on any atom is -0.508 e. The summed E-state index contributed by atoms with van der Waals surface area (Å²) in [6, 6.07) is 16.5. The predicted octanol–water partition coefficient (Wildman–Crippen LogP) is 3.27. The number of benzene rings is 3. The van der Waals surface area contributed by atoms with E-state index in [0.29, 0.717) is 5.75 Å². The molecule has 0 aliphatic carbocycles. The predicted molar refractivity (Wildman–Crippen MR) is 107 cm³/mol. The summed E-state index contributed by atoms with van der Waals surface area (Å²) in [4.78, 5) is 0. The summed E-state index contributed by atoms with van der Waals surface area (Å²) < 4.78 is 6.32. The molecule has 0 bridgehead atoms. The number of rotatable bonds is 0. The second-order valence-electron chi connectivity index (χ2n) is 8.14. The smallest absolute Gasteiger partial charge is 0.251 e. The van der Waals surface area contributed by atoms with Crippen molar-refractivity contribution < 1.29 is 9.84 Å². The van der Waals surface area contributed by atoms with Gasteiger partial charge in [0.15, 0.2) is 0 Å². The quantitative estimate of drug-likeness (QED) is 0.498. The Morgan fingerprint density at radius 1 is 0.885 bits per heavy atom. The van der Waals surface area contributed by atoms with Crippen molar-refractivity contribution in [2.45, 2.75) is 33.1 Å². The number of ether oxygens (including phenoxy) is 1. The van der Waals surface area contributed by atoms with Gasteiger partial charge in [-0.15, -0.1) is 0 Å². The van der Waals surface area contributed by atoms with Crippen molar-refractivity contribution in [2.75, 3.05) is 0 Å². The molecule has 2 nitrogen and oxygen atoms in total. The number of phenols is 1. The maximum atomic E-state index is 10.2. The average molecular weight is 340 g/mol. The van der Waals surface area contributed by atoms with E-state index in [-0.39, 0.29) is 12.1 Å².